The van der Waals surface area contributed by atoms with E-state index in [2.05, 4.69) is 15.9 Å². The van der Waals surface area contributed by atoms with Crippen molar-refractivity contribution >= 4 is 50.6 Å². The normalized spacial score (nSPS) is 19.6. The lowest BCUT2D eigenvalue weighted by atomic mass is 9.95. The molecule has 2 aliphatic rings. The summed E-state index contributed by atoms with van der Waals surface area (Å²) in [5.41, 5.74) is 3.27. The molecular weight excluding hydrogens is 487 g/mol. The van der Waals surface area contributed by atoms with Crippen molar-refractivity contribution in [2.24, 2.45) is 5.10 Å². The third-order valence-corrected chi connectivity index (χ3v) is 6.30. The van der Waals surface area contributed by atoms with Crippen molar-refractivity contribution in [2.75, 3.05) is 0 Å². The largest absolute Gasteiger partial charge is 0.459 e. The van der Waals surface area contributed by atoms with Gasteiger partial charge in [-0.15, -0.1) is 0 Å². The van der Waals surface area contributed by atoms with Gasteiger partial charge >= 0.3 is 0 Å². The van der Waals surface area contributed by atoms with Crippen LogP contribution < -0.4 is 4.74 Å². The molecule has 5 rings (SSSR count). The average Bonchev–Trinajstić information content (AvgIpc) is 3.20. The monoisotopic (exact) mass is 500 g/mol. The van der Waals surface area contributed by atoms with E-state index in [1.807, 2.05) is 48.5 Å². The minimum atomic E-state index is -0.906. The summed E-state index contributed by atoms with van der Waals surface area (Å²) in [5.74, 6) is 0.321. The quantitative estimate of drug-likeness (QED) is 0.384. The fourth-order valence-electron chi connectivity index (χ4n) is 3.85. The minimum absolute atomic E-state index is 0.168. The average molecular weight is 502 g/mol. The molecule has 0 N–H and O–H groups in total. The highest BCUT2D eigenvalue weighted by atomic mass is 79.9. The molecule has 2 atom stereocenters. The van der Waals surface area contributed by atoms with Crippen LogP contribution in [0.15, 0.2) is 76.3 Å². The Hall–Kier alpha value is -2.34. The summed E-state index contributed by atoms with van der Waals surface area (Å²) in [6, 6.07) is 20.3. The summed E-state index contributed by atoms with van der Waals surface area (Å²) >= 11 is 16.2. The topological polar surface area (TPSA) is 41.9 Å². The molecule has 0 amide bonds. The molecule has 0 radical (unpaired) electrons. The fourth-order valence-corrected chi connectivity index (χ4v) is 4.67. The second-order valence-corrected chi connectivity index (χ2v) is 8.92. The molecule has 2 aliphatic heterocycles. The van der Waals surface area contributed by atoms with E-state index in [0.717, 1.165) is 21.3 Å². The number of halogens is 3. The van der Waals surface area contributed by atoms with Crippen LogP contribution in [0.2, 0.25) is 10.0 Å². The van der Waals surface area contributed by atoms with Gasteiger partial charge in [0.2, 0.25) is 5.78 Å². The van der Waals surface area contributed by atoms with Crippen molar-refractivity contribution in [3.8, 4) is 5.75 Å². The first-order valence-corrected chi connectivity index (χ1v) is 10.9. The highest BCUT2D eigenvalue weighted by Gasteiger charge is 2.44. The van der Waals surface area contributed by atoms with Crippen molar-refractivity contribution in [3.63, 3.8) is 0 Å². The predicted molar refractivity (Wildman–Crippen MR) is 122 cm³/mol. The second kappa shape index (κ2) is 7.73. The highest BCUT2D eigenvalue weighted by molar-refractivity contribution is 9.10. The number of carbonyl (C=O) groups is 1. The number of ketones is 1. The maximum atomic E-state index is 13.3. The van der Waals surface area contributed by atoms with Crippen LogP contribution in [0.1, 0.15) is 33.9 Å². The van der Waals surface area contributed by atoms with E-state index in [1.165, 1.54) is 0 Å². The molecule has 7 heteroatoms. The third-order valence-electron chi connectivity index (χ3n) is 5.27. The maximum absolute atomic E-state index is 13.3. The predicted octanol–water partition coefficient (Wildman–Crippen LogP) is 6.51. The number of Topliss-reactive ketones (excluding diaryl/α,β-unsaturated/α-hetero) is 1. The fraction of sp³-hybridized carbons (Fsp3) is 0.130. The van der Waals surface area contributed by atoms with E-state index in [1.54, 1.807) is 23.2 Å². The molecular formula is C23H15BrCl2N2O2. The number of carbonyl (C=O) groups excluding carboxylic acids is 1. The third kappa shape index (κ3) is 3.41. The van der Waals surface area contributed by atoms with Crippen LogP contribution in [0.3, 0.4) is 0 Å². The molecule has 150 valence electrons. The van der Waals surface area contributed by atoms with Gasteiger partial charge < -0.3 is 4.74 Å². The number of nitrogens with zero attached hydrogens (tertiary/aromatic N) is 2. The molecule has 3 aromatic carbocycles. The van der Waals surface area contributed by atoms with E-state index in [9.17, 15) is 4.79 Å². The van der Waals surface area contributed by atoms with Crippen LogP contribution in [0.4, 0.5) is 0 Å². The number of benzene rings is 3. The zero-order valence-electron chi connectivity index (χ0n) is 15.6. The Balaban J connectivity index is 1.60. The zero-order valence-corrected chi connectivity index (χ0v) is 18.7. The molecule has 0 saturated carbocycles. The molecule has 3 aromatic rings. The Labute approximate surface area is 192 Å². The van der Waals surface area contributed by atoms with Crippen LogP contribution in [0.5, 0.6) is 5.75 Å². The van der Waals surface area contributed by atoms with Gasteiger partial charge in [-0.25, -0.2) is 5.01 Å². The minimum Gasteiger partial charge on any atom is -0.459 e. The second-order valence-electron chi connectivity index (χ2n) is 7.16. The van der Waals surface area contributed by atoms with Gasteiger partial charge in [0.05, 0.1) is 16.8 Å². The van der Waals surface area contributed by atoms with E-state index >= 15 is 0 Å². The first-order chi connectivity index (χ1) is 14.5. The standard InChI is InChI=1S/C23H15BrCl2N2O2/c24-15-8-6-13(7-9-15)19-12-20-17-10-16(25)11-18(26)22(17)30-23(28(20)27-19)21(29)14-4-2-1-3-5-14/h1-11,20,23H,12H2. The number of hydrogen-bond acceptors (Lipinski definition) is 4. The van der Waals surface area contributed by atoms with Crippen molar-refractivity contribution in [2.45, 2.75) is 18.7 Å². The van der Waals surface area contributed by atoms with Crippen LogP contribution in [-0.4, -0.2) is 22.7 Å². The van der Waals surface area contributed by atoms with Gasteiger partial charge in [-0.05, 0) is 29.8 Å². The van der Waals surface area contributed by atoms with Gasteiger partial charge in [0, 0.05) is 27.0 Å². The molecule has 0 bridgehead atoms. The molecule has 4 nitrogen and oxygen atoms in total. The Morgan fingerprint density at radius 3 is 2.53 bits per heavy atom. The van der Waals surface area contributed by atoms with Gasteiger partial charge in [0.1, 0.15) is 5.75 Å². The number of hydrogen-bond donors (Lipinski definition) is 0. The molecule has 2 heterocycles. The maximum Gasteiger partial charge on any atom is 0.251 e. The molecule has 0 aromatic heterocycles. The summed E-state index contributed by atoms with van der Waals surface area (Å²) in [6.07, 6.45) is -0.288. The number of hydrazone groups is 1. The Bertz CT molecular complexity index is 1170. The first kappa shape index (κ1) is 19.6. The number of fused-ring (bicyclic) bond motifs is 3. The van der Waals surface area contributed by atoms with Gasteiger partial charge in [-0.3, -0.25) is 4.79 Å². The Kier molecular flexibility index (Phi) is 5.05. The molecule has 0 fully saturated rings. The summed E-state index contributed by atoms with van der Waals surface area (Å²) in [6.45, 7) is 0. The summed E-state index contributed by atoms with van der Waals surface area (Å²) in [5, 5.41) is 7.45. The van der Waals surface area contributed by atoms with Crippen LogP contribution in [0.25, 0.3) is 0 Å². The van der Waals surface area contributed by atoms with Crippen LogP contribution in [-0.2, 0) is 0 Å². The SMILES string of the molecule is O=C(c1ccccc1)C1Oc2c(Cl)cc(Cl)cc2C2CC(c3ccc(Br)cc3)=NN12. The molecule has 0 spiro atoms. The number of rotatable bonds is 3. The molecule has 0 aliphatic carbocycles. The van der Waals surface area contributed by atoms with E-state index < -0.39 is 6.23 Å². The summed E-state index contributed by atoms with van der Waals surface area (Å²) in [4.78, 5) is 13.3. The smallest absolute Gasteiger partial charge is 0.251 e. The van der Waals surface area contributed by atoms with E-state index in [-0.39, 0.29) is 11.8 Å². The molecule has 2 unspecified atom stereocenters. The molecule has 30 heavy (non-hydrogen) atoms. The molecule has 0 saturated heterocycles. The highest BCUT2D eigenvalue weighted by Crippen LogP contribution is 2.47. The van der Waals surface area contributed by atoms with Gasteiger partial charge in [-0.1, -0.05) is 81.6 Å². The summed E-state index contributed by atoms with van der Waals surface area (Å²) < 4.78 is 7.11. The number of ether oxygens (including phenoxy) is 1. The van der Waals surface area contributed by atoms with Gasteiger partial charge in [-0.2, -0.15) is 5.10 Å². The van der Waals surface area contributed by atoms with Crippen molar-refractivity contribution < 1.29 is 9.53 Å². The van der Waals surface area contributed by atoms with Crippen LogP contribution in [0, 0.1) is 0 Å². The lowest BCUT2D eigenvalue weighted by molar-refractivity contribution is -0.00447. The lowest BCUT2D eigenvalue weighted by Crippen LogP contribution is -2.46. The van der Waals surface area contributed by atoms with E-state index in [0.29, 0.717) is 27.8 Å². The van der Waals surface area contributed by atoms with Crippen LogP contribution >= 0.6 is 39.1 Å². The Morgan fingerprint density at radius 2 is 1.80 bits per heavy atom. The van der Waals surface area contributed by atoms with Gasteiger partial charge in [0.25, 0.3) is 6.23 Å². The van der Waals surface area contributed by atoms with Crippen molar-refractivity contribution in [1.82, 2.24) is 5.01 Å². The Morgan fingerprint density at radius 1 is 1.07 bits per heavy atom. The lowest BCUT2D eigenvalue weighted by Gasteiger charge is -2.37. The van der Waals surface area contributed by atoms with Crippen molar-refractivity contribution in [1.29, 1.82) is 0 Å². The first-order valence-electron chi connectivity index (χ1n) is 9.38. The van der Waals surface area contributed by atoms with Gasteiger partial charge in [0.15, 0.2) is 0 Å². The zero-order chi connectivity index (χ0) is 20.8. The van der Waals surface area contributed by atoms with E-state index in [4.69, 9.17) is 33.0 Å². The summed E-state index contributed by atoms with van der Waals surface area (Å²) in [7, 11) is 0. The van der Waals surface area contributed by atoms with Crippen molar-refractivity contribution in [3.05, 3.63) is 97.9 Å².